The average molecular weight is 235 g/mol. The van der Waals surface area contributed by atoms with Crippen LogP contribution in [0, 0.1) is 12.7 Å². The van der Waals surface area contributed by atoms with Crippen molar-refractivity contribution < 1.29 is 4.39 Å². The third kappa shape index (κ3) is 1.88. The molecule has 1 unspecified atom stereocenters. The molecule has 0 amide bonds. The van der Waals surface area contributed by atoms with Crippen LogP contribution in [-0.4, -0.2) is 0 Å². The van der Waals surface area contributed by atoms with Gasteiger partial charge in [0.25, 0.3) is 0 Å². The molecule has 1 heterocycles. The molecule has 0 saturated carbocycles. The molecule has 0 saturated heterocycles. The number of hydrogen-bond donors (Lipinski definition) is 1. The first-order valence-electron chi connectivity index (χ1n) is 5.11. The van der Waals surface area contributed by atoms with Crippen molar-refractivity contribution in [3.8, 4) is 0 Å². The summed E-state index contributed by atoms with van der Waals surface area (Å²) in [7, 11) is 0. The van der Waals surface area contributed by atoms with Gasteiger partial charge in [0.2, 0.25) is 0 Å². The summed E-state index contributed by atoms with van der Waals surface area (Å²) in [5.74, 6) is -0.253. The molecule has 84 valence electrons. The second-order valence-corrected chi connectivity index (χ2v) is 5.24. The number of nitrogens with two attached hydrogens (primary N) is 1. The molecule has 0 spiro atoms. The van der Waals surface area contributed by atoms with Crippen LogP contribution in [0.2, 0.25) is 0 Å². The first kappa shape index (κ1) is 11.3. The molecule has 0 radical (unpaired) electrons. The van der Waals surface area contributed by atoms with E-state index >= 15 is 0 Å². The van der Waals surface area contributed by atoms with Crippen molar-refractivity contribution in [3.05, 3.63) is 57.5 Å². The molecule has 2 rings (SSSR count). The Morgan fingerprint density at radius 2 is 2.00 bits per heavy atom. The molecule has 0 fully saturated rings. The van der Waals surface area contributed by atoms with Crippen LogP contribution in [0.15, 0.2) is 35.7 Å². The smallest absolute Gasteiger partial charge is 0.128 e. The van der Waals surface area contributed by atoms with Gasteiger partial charge in [-0.05, 0) is 36.9 Å². The number of aryl methyl sites for hydroxylation is 1. The first-order chi connectivity index (χ1) is 7.51. The van der Waals surface area contributed by atoms with E-state index in [0.29, 0.717) is 5.56 Å². The largest absolute Gasteiger partial charge is 0.318 e. The van der Waals surface area contributed by atoms with E-state index in [2.05, 4.69) is 0 Å². The van der Waals surface area contributed by atoms with Crippen LogP contribution in [0.1, 0.15) is 22.9 Å². The molecule has 1 aromatic carbocycles. The lowest BCUT2D eigenvalue weighted by atomic mass is 9.87. The molecule has 16 heavy (non-hydrogen) atoms. The monoisotopic (exact) mass is 235 g/mol. The highest BCUT2D eigenvalue weighted by atomic mass is 32.1. The Hall–Kier alpha value is -1.19. The van der Waals surface area contributed by atoms with E-state index in [4.69, 9.17) is 5.73 Å². The summed E-state index contributed by atoms with van der Waals surface area (Å²) in [6, 6.07) is 8.68. The molecule has 1 aromatic heterocycles. The van der Waals surface area contributed by atoms with Crippen LogP contribution in [0.5, 0.6) is 0 Å². The third-order valence-corrected chi connectivity index (χ3v) is 3.63. The van der Waals surface area contributed by atoms with Crippen molar-refractivity contribution in [2.75, 3.05) is 0 Å². The summed E-state index contributed by atoms with van der Waals surface area (Å²) in [5.41, 5.74) is 6.97. The molecule has 0 aliphatic heterocycles. The van der Waals surface area contributed by atoms with E-state index in [0.717, 1.165) is 5.56 Å². The summed E-state index contributed by atoms with van der Waals surface area (Å²) in [4.78, 5) is 1.18. The molecule has 2 N–H and O–H groups in total. The Morgan fingerprint density at radius 3 is 2.56 bits per heavy atom. The zero-order chi connectivity index (χ0) is 11.8. The average Bonchev–Trinajstić information content (AvgIpc) is 2.66. The summed E-state index contributed by atoms with van der Waals surface area (Å²) in [6.45, 7) is 3.86. The van der Waals surface area contributed by atoms with Crippen LogP contribution in [0.3, 0.4) is 0 Å². The SMILES string of the molecule is Cc1cc(C(C)(N)c2ccccc2F)cs1. The molecule has 3 heteroatoms. The number of thiophene rings is 1. The van der Waals surface area contributed by atoms with Crippen molar-refractivity contribution >= 4 is 11.3 Å². The van der Waals surface area contributed by atoms with Crippen LogP contribution >= 0.6 is 11.3 Å². The van der Waals surface area contributed by atoms with Gasteiger partial charge in [-0.1, -0.05) is 18.2 Å². The number of halogens is 1. The molecule has 0 bridgehead atoms. The van der Waals surface area contributed by atoms with Gasteiger partial charge < -0.3 is 5.73 Å². The Labute approximate surface area is 98.7 Å². The predicted molar refractivity (Wildman–Crippen MR) is 66.1 cm³/mol. The molecular formula is C13H14FNS. The van der Waals surface area contributed by atoms with Crippen molar-refractivity contribution in [1.82, 2.24) is 0 Å². The Balaban J connectivity index is 2.50. The van der Waals surface area contributed by atoms with E-state index in [1.165, 1.54) is 10.9 Å². The van der Waals surface area contributed by atoms with Crippen LogP contribution in [0.25, 0.3) is 0 Å². The minimum absolute atomic E-state index is 0.253. The minimum atomic E-state index is -0.768. The maximum absolute atomic E-state index is 13.7. The van der Waals surface area contributed by atoms with Gasteiger partial charge in [-0.3, -0.25) is 0 Å². The fourth-order valence-electron chi connectivity index (χ4n) is 1.75. The molecule has 2 aromatic rings. The number of rotatable bonds is 2. The predicted octanol–water partition coefficient (Wildman–Crippen LogP) is 3.42. The zero-order valence-electron chi connectivity index (χ0n) is 9.33. The summed E-state index contributed by atoms with van der Waals surface area (Å²) in [6.07, 6.45) is 0. The number of benzene rings is 1. The lowest BCUT2D eigenvalue weighted by Crippen LogP contribution is -2.34. The van der Waals surface area contributed by atoms with Gasteiger partial charge >= 0.3 is 0 Å². The molecule has 0 aliphatic carbocycles. The summed E-state index contributed by atoms with van der Waals surface area (Å²) >= 11 is 1.63. The van der Waals surface area contributed by atoms with E-state index < -0.39 is 5.54 Å². The quantitative estimate of drug-likeness (QED) is 0.848. The first-order valence-corrected chi connectivity index (χ1v) is 5.99. The van der Waals surface area contributed by atoms with Gasteiger partial charge in [-0.15, -0.1) is 11.3 Å². The Morgan fingerprint density at radius 1 is 1.31 bits per heavy atom. The maximum Gasteiger partial charge on any atom is 0.128 e. The highest BCUT2D eigenvalue weighted by molar-refractivity contribution is 7.10. The fraction of sp³-hybridized carbons (Fsp3) is 0.231. The van der Waals surface area contributed by atoms with Crippen molar-refractivity contribution in [2.24, 2.45) is 5.73 Å². The Bertz CT molecular complexity index is 502. The second-order valence-electron chi connectivity index (χ2n) is 4.13. The molecule has 1 nitrogen and oxygen atoms in total. The molecule has 1 atom stereocenters. The van der Waals surface area contributed by atoms with Gasteiger partial charge in [-0.2, -0.15) is 0 Å². The standard InChI is InChI=1S/C13H14FNS/c1-9-7-10(8-16-9)13(2,15)11-5-3-4-6-12(11)14/h3-8H,15H2,1-2H3. The Kier molecular flexibility index (Phi) is 2.82. The highest BCUT2D eigenvalue weighted by Crippen LogP contribution is 2.31. The van der Waals surface area contributed by atoms with E-state index in [-0.39, 0.29) is 5.82 Å². The number of hydrogen-bond acceptors (Lipinski definition) is 2. The van der Waals surface area contributed by atoms with Gasteiger partial charge in [0.15, 0.2) is 0 Å². The zero-order valence-corrected chi connectivity index (χ0v) is 10.1. The summed E-state index contributed by atoms with van der Waals surface area (Å²) < 4.78 is 13.7. The lowest BCUT2D eigenvalue weighted by Gasteiger charge is -2.24. The van der Waals surface area contributed by atoms with Crippen LogP contribution in [0.4, 0.5) is 4.39 Å². The van der Waals surface area contributed by atoms with Crippen molar-refractivity contribution in [2.45, 2.75) is 19.4 Å². The van der Waals surface area contributed by atoms with Crippen molar-refractivity contribution in [3.63, 3.8) is 0 Å². The lowest BCUT2D eigenvalue weighted by molar-refractivity contribution is 0.532. The molecule has 0 aliphatic rings. The second kappa shape index (κ2) is 4.00. The van der Waals surface area contributed by atoms with Gasteiger partial charge in [-0.25, -0.2) is 4.39 Å². The summed E-state index contributed by atoms with van der Waals surface area (Å²) in [5, 5.41) is 1.99. The van der Waals surface area contributed by atoms with Crippen LogP contribution < -0.4 is 5.73 Å². The fourth-order valence-corrected chi connectivity index (χ4v) is 2.57. The van der Waals surface area contributed by atoms with E-state index in [1.54, 1.807) is 23.5 Å². The van der Waals surface area contributed by atoms with E-state index in [9.17, 15) is 4.39 Å². The van der Waals surface area contributed by atoms with E-state index in [1.807, 2.05) is 31.4 Å². The normalized spacial score (nSPS) is 14.8. The van der Waals surface area contributed by atoms with Gasteiger partial charge in [0.1, 0.15) is 5.82 Å². The van der Waals surface area contributed by atoms with Crippen molar-refractivity contribution in [1.29, 1.82) is 0 Å². The van der Waals surface area contributed by atoms with Gasteiger partial charge in [0, 0.05) is 10.4 Å². The maximum atomic E-state index is 13.7. The van der Waals surface area contributed by atoms with Crippen LogP contribution in [-0.2, 0) is 5.54 Å². The molecular weight excluding hydrogens is 221 g/mol. The third-order valence-electron chi connectivity index (χ3n) is 2.76. The van der Waals surface area contributed by atoms with Gasteiger partial charge in [0.05, 0.1) is 5.54 Å². The topological polar surface area (TPSA) is 26.0 Å². The highest BCUT2D eigenvalue weighted by Gasteiger charge is 2.27. The minimum Gasteiger partial charge on any atom is -0.318 e.